The number of nitrogens with zero attached hydrogens (tertiary/aromatic N) is 2. The van der Waals surface area contributed by atoms with E-state index < -0.39 is 0 Å². The van der Waals surface area contributed by atoms with Crippen molar-refractivity contribution >= 4 is 11.6 Å². The van der Waals surface area contributed by atoms with Crippen LogP contribution >= 0.6 is 11.6 Å². The molecule has 1 aromatic rings. The van der Waals surface area contributed by atoms with Crippen LogP contribution in [0, 0.1) is 0 Å². The number of rotatable bonds is 6. The Hall–Kier alpha value is -0.500. The Kier molecular flexibility index (Phi) is 5.02. The van der Waals surface area contributed by atoms with Gasteiger partial charge in [-0.15, -0.1) is 11.6 Å². The summed E-state index contributed by atoms with van der Waals surface area (Å²) in [5, 5.41) is 0. The number of unbranched alkanes of at least 4 members (excludes halogenated alkanes) is 2. The van der Waals surface area contributed by atoms with Gasteiger partial charge >= 0.3 is 0 Å². The van der Waals surface area contributed by atoms with E-state index in [0.29, 0.717) is 11.9 Å². The fourth-order valence-electron chi connectivity index (χ4n) is 1.66. The Balaban J connectivity index is 2.47. The van der Waals surface area contributed by atoms with Gasteiger partial charge in [0, 0.05) is 12.2 Å². The predicted octanol–water partition coefficient (Wildman–Crippen LogP) is 3.76. The van der Waals surface area contributed by atoms with Crippen molar-refractivity contribution in [3.8, 4) is 0 Å². The number of imidazole rings is 1. The normalized spacial score (nSPS) is 13.1. The van der Waals surface area contributed by atoms with Crippen LogP contribution in [0.5, 0.6) is 0 Å². The van der Waals surface area contributed by atoms with E-state index in [9.17, 15) is 0 Å². The van der Waals surface area contributed by atoms with Crippen molar-refractivity contribution in [1.29, 1.82) is 0 Å². The number of halogens is 1. The van der Waals surface area contributed by atoms with E-state index in [4.69, 9.17) is 11.6 Å². The van der Waals surface area contributed by atoms with Crippen LogP contribution in [0.4, 0.5) is 0 Å². The summed E-state index contributed by atoms with van der Waals surface area (Å²) in [4.78, 5) is 4.12. The molecule has 1 aromatic heterocycles. The molecule has 0 aromatic carbocycles. The summed E-state index contributed by atoms with van der Waals surface area (Å²) < 4.78 is 2.18. The van der Waals surface area contributed by atoms with Crippen molar-refractivity contribution in [2.24, 2.45) is 0 Å². The number of hydrogen-bond acceptors (Lipinski definition) is 1. The molecular weight excluding hydrogens is 196 g/mol. The molecule has 1 heterocycles. The number of hydrogen-bond donors (Lipinski definition) is 0. The molecule has 0 aliphatic carbocycles. The zero-order valence-corrected chi connectivity index (χ0v) is 9.80. The predicted molar refractivity (Wildman–Crippen MR) is 60.6 cm³/mol. The van der Waals surface area contributed by atoms with Gasteiger partial charge in [0.25, 0.3) is 0 Å². The van der Waals surface area contributed by atoms with Crippen LogP contribution in [-0.2, 0) is 5.88 Å². The van der Waals surface area contributed by atoms with Crippen molar-refractivity contribution in [1.82, 2.24) is 9.55 Å². The van der Waals surface area contributed by atoms with Gasteiger partial charge in [-0.2, -0.15) is 0 Å². The maximum atomic E-state index is 5.82. The molecule has 0 aliphatic heterocycles. The second-order valence-corrected chi connectivity index (χ2v) is 4.04. The minimum Gasteiger partial charge on any atom is -0.331 e. The zero-order valence-electron chi connectivity index (χ0n) is 9.04. The third kappa shape index (κ3) is 3.02. The lowest BCUT2D eigenvalue weighted by Crippen LogP contribution is -2.06. The smallest absolute Gasteiger partial charge is 0.0951 e. The molecule has 0 saturated heterocycles. The Bertz CT molecular complexity index is 258. The fraction of sp³-hybridized carbons (Fsp3) is 0.727. The Morgan fingerprint density at radius 3 is 2.93 bits per heavy atom. The molecule has 0 N–H and O–H groups in total. The number of aromatic nitrogens is 2. The van der Waals surface area contributed by atoms with Crippen LogP contribution in [0.3, 0.4) is 0 Å². The number of alkyl halides is 1. The van der Waals surface area contributed by atoms with Crippen molar-refractivity contribution < 1.29 is 0 Å². The molecule has 0 amide bonds. The van der Waals surface area contributed by atoms with Gasteiger partial charge in [-0.3, -0.25) is 0 Å². The fourth-order valence-corrected chi connectivity index (χ4v) is 1.87. The minimum atomic E-state index is 0.526. The Morgan fingerprint density at radius 2 is 2.29 bits per heavy atom. The first kappa shape index (κ1) is 11.6. The first-order valence-corrected chi connectivity index (χ1v) is 5.89. The highest BCUT2D eigenvalue weighted by atomic mass is 35.5. The van der Waals surface area contributed by atoms with Crippen LogP contribution in [0.25, 0.3) is 0 Å². The van der Waals surface area contributed by atoms with Gasteiger partial charge in [-0.25, -0.2) is 4.98 Å². The van der Waals surface area contributed by atoms with Gasteiger partial charge in [0.2, 0.25) is 0 Å². The maximum absolute atomic E-state index is 5.82. The molecule has 0 fully saturated rings. The maximum Gasteiger partial charge on any atom is 0.0951 e. The van der Waals surface area contributed by atoms with Crippen molar-refractivity contribution in [3.63, 3.8) is 0 Å². The van der Waals surface area contributed by atoms with Crippen LogP contribution in [0.15, 0.2) is 12.5 Å². The molecule has 3 heteroatoms. The van der Waals surface area contributed by atoms with E-state index in [2.05, 4.69) is 23.4 Å². The third-order valence-electron chi connectivity index (χ3n) is 2.58. The van der Waals surface area contributed by atoms with E-state index in [0.717, 1.165) is 5.69 Å². The van der Waals surface area contributed by atoms with Gasteiger partial charge in [0.15, 0.2) is 0 Å². The first-order chi connectivity index (χ1) is 6.79. The third-order valence-corrected chi connectivity index (χ3v) is 2.86. The van der Waals surface area contributed by atoms with Gasteiger partial charge in [0.1, 0.15) is 0 Å². The lowest BCUT2D eigenvalue weighted by atomic mass is 10.1. The molecule has 1 rings (SSSR count). The van der Waals surface area contributed by atoms with E-state index in [-0.39, 0.29) is 0 Å². The average Bonchev–Trinajstić information content (AvgIpc) is 2.65. The summed E-state index contributed by atoms with van der Waals surface area (Å²) in [5.74, 6) is 0.554. The van der Waals surface area contributed by atoms with Crippen LogP contribution in [0.2, 0.25) is 0 Å². The van der Waals surface area contributed by atoms with Crippen molar-refractivity contribution in [3.05, 3.63) is 18.2 Å². The SMILES string of the molecule is CCCCCC(C)n1cncc1CCl. The summed E-state index contributed by atoms with van der Waals surface area (Å²) in [6.45, 7) is 4.46. The standard InChI is InChI=1S/C11H19ClN2/c1-3-4-5-6-10(2)14-9-13-8-11(14)7-12/h8-10H,3-7H2,1-2H3. The highest BCUT2D eigenvalue weighted by Crippen LogP contribution is 2.18. The van der Waals surface area contributed by atoms with Gasteiger partial charge in [0.05, 0.1) is 17.9 Å². The molecule has 0 radical (unpaired) electrons. The second-order valence-electron chi connectivity index (χ2n) is 3.77. The molecule has 2 nitrogen and oxygen atoms in total. The van der Waals surface area contributed by atoms with Gasteiger partial charge in [-0.05, 0) is 13.3 Å². The summed E-state index contributed by atoms with van der Waals surface area (Å²) >= 11 is 5.82. The molecule has 1 atom stereocenters. The largest absolute Gasteiger partial charge is 0.331 e. The zero-order chi connectivity index (χ0) is 10.4. The topological polar surface area (TPSA) is 17.8 Å². The molecule has 1 unspecified atom stereocenters. The Labute approximate surface area is 91.3 Å². The lowest BCUT2D eigenvalue weighted by molar-refractivity contribution is 0.469. The summed E-state index contributed by atoms with van der Waals surface area (Å²) in [7, 11) is 0. The van der Waals surface area contributed by atoms with Crippen LogP contribution in [0.1, 0.15) is 51.3 Å². The van der Waals surface area contributed by atoms with Crippen molar-refractivity contribution in [2.75, 3.05) is 0 Å². The highest BCUT2D eigenvalue weighted by Gasteiger charge is 2.07. The average molecular weight is 215 g/mol. The quantitative estimate of drug-likeness (QED) is 0.521. The Morgan fingerprint density at radius 1 is 1.50 bits per heavy atom. The van der Waals surface area contributed by atoms with E-state index in [1.165, 1.54) is 25.7 Å². The van der Waals surface area contributed by atoms with E-state index in [1.807, 2.05) is 12.5 Å². The highest BCUT2D eigenvalue weighted by molar-refractivity contribution is 6.16. The first-order valence-electron chi connectivity index (χ1n) is 5.36. The summed E-state index contributed by atoms with van der Waals surface area (Å²) in [6.07, 6.45) is 8.83. The second kappa shape index (κ2) is 6.07. The van der Waals surface area contributed by atoms with Crippen LogP contribution < -0.4 is 0 Å². The van der Waals surface area contributed by atoms with Crippen LogP contribution in [-0.4, -0.2) is 9.55 Å². The molecular formula is C11H19ClN2. The lowest BCUT2D eigenvalue weighted by Gasteiger charge is -2.15. The van der Waals surface area contributed by atoms with Gasteiger partial charge < -0.3 is 4.57 Å². The summed E-state index contributed by atoms with van der Waals surface area (Å²) in [6, 6.07) is 0.526. The van der Waals surface area contributed by atoms with E-state index in [1.54, 1.807) is 0 Å². The molecule has 0 saturated carbocycles. The molecule has 0 aliphatic rings. The van der Waals surface area contributed by atoms with Crippen molar-refractivity contribution in [2.45, 2.75) is 51.5 Å². The molecule has 80 valence electrons. The summed E-state index contributed by atoms with van der Waals surface area (Å²) in [5.41, 5.74) is 1.12. The molecule has 0 bridgehead atoms. The monoisotopic (exact) mass is 214 g/mol. The molecule has 0 spiro atoms. The minimum absolute atomic E-state index is 0.526. The van der Waals surface area contributed by atoms with Gasteiger partial charge in [-0.1, -0.05) is 26.2 Å². The molecule has 14 heavy (non-hydrogen) atoms. The van der Waals surface area contributed by atoms with E-state index >= 15 is 0 Å².